The Morgan fingerprint density at radius 2 is 1.62 bits per heavy atom. The van der Waals surface area contributed by atoms with Gasteiger partial charge in [0.2, 0.25) is 5.91 Å². The maximum Gasteiger partial charge on any atom is 0.258 e. The van der Waals surface area contributed by atoms with E-state index in [9.17, 15) is 9.59 Å². The van der Waals surface area contributed by atoms with Gasteiger partial charge in [-0.3, -0.25) is 9.59 Å². The van der Waals surface area contributed by atoms with Crippen LogP contribution in [0.25, 0.3) is 0 Å². The summed E-state index contributed by atoms with van der Waals surface area (Å²) in [5, 5.41) is 5.90. The molecule has 6 heteroatoms. The largest absolute Gasteiger partial charge is 0.376 e. The highest BCUT2D eigenvalue weighted by molar-refractivity contribution is 9.10. The number of rotatable bonds is 7. The Morgan fingerprint density at radius 1 is 0.897 bits per heavy atom. The summed E-state index contributed by atoms with van der Waals surface area (Å²) in [6, 6.07) is 24.1. The molecule has 0 unspecified atom stereocenters. The number of hydrogen-bond acceptors (Lipinski definition) is 3. The zero-order valence-corrected chi connectivity index (χ0v) is 17.6. The van der Waals surface area contributed by atoms with Crippen LogP contribution in [0.15, 0.2) is 83.3 Å². The van der Waals surface area contributed by atoms with Crippen LogP contribution < -0.4 is 15.5 Å². The molecular weight excluding hydrogens is 430 g/mol. The summed E-state index contributed by atoms with van der Waals surface area (Å²) in [6.45, 7) is 2.66. The molecule has 2 amide bonds. The first-order chi connectivity index (χ1) is 14.1. The van der Waals surface area contributed by atoms with Gasteiger partial charge in [-0.25, -0.2) is 0 Å². The predicted molar refractivity (Wildman–Crippen MR) is 121 cm³/mol. The van der Waals surface area contributed by atoms with Crippen molar-refractivity contribution in [1.29, 1.82) is 0 Å². The van der Waals surface area contributed by atoms with Gasteiger partial charge in [0.1, 0.15) is 0 Å². The predicted octanol–water partition coefficient (Wildman–Crippen LogP) is 5.17. The third kappa shape index (κ3) is 5.68. The zero-order chi connectivity index (χ0) is 20.6. The molecular formula is C23H22BrN3O2. The second kappa shape index (κ2) is 9.89. The Hall–Kier alpha value is -3.12. The average molecular weight is 452 g/mol. The third-order valence-electron chi connectivity index (χ3n) is 4.32. The molecule has 0 saturated heterocycles. The van der Waals surface area contributed by atoms with E-state index in [1.54, 1.807) is 29.2 Å². The molecule has 148 valence electrons. The van der Waals surface area contributed by atoms with Gasteiger partial charge < -0.3 is 15.5 Å². The van der Waals surface area contributed by atoms with E-state index >= 15 is 0 Å². The first-order valence-electron chi connectivity index (χ1n) is 9.33. The van der Waals surface area contributed by atoms with Gasteiger partial charge in [-0.05, 0) is 61.5 Å². The van der Waals surface area contributed by atoms with Gasteiger partial charge in [-0.15, -0.1) is 0 Å². The molecule has 0 saturated carbocycles. The fourth-order valence-electron chi connectivity index (χ4n) is 2.89. The second-order valence-corrected chi connectivity index (χ2v) is 7.29. The van der Waals surface area contributed by atoms with Gasteiger partial charge >= 0.3 is 0 Å². The lowest BCUT2D eigenvalue weighted by atomic mass is 10.1. The topological polar surface area (TPSA) is 61.4 Å². The molecule has 3 aromatic carbocycles. The maximum absolute atomic E-state index is 12.8. The van der Waals surface area contributed by atoms with Gasteiger partial charge in [0.15, 0.2) is 0 Å². The monoisotopic (exact) mass is 451 g/mol. The third-order valence-corrected chi connectivity index (χ3v) is 4.82. The lowest BCUT2D eigenvalue weighted by Gasteiger charge is -2.21. The molecule has 0 heterocycles. The van der Waals surface area contributed by atoms with Crippen LogP contribution in [0.3, 0.4) is 0 Å². The number of amides is 2. The van der Waals surface area contributed by atoms with Crippen LogP contribution >= 0.6 is 15.9 Å². The van der Waals surface area contributed by atoms with E-state index in [4.69, 9.17) is 0 Å². The molecule has 0 atom stereocenters. The van der Waals surface area contributed by atoms with Crippen LogP contribution in [-0.2, 0) is 4.79 Å². The van der Waals surface area contributed by atoms with Crippen molar-refractivity contribution in [2.75, 3.05) is 28.6 Å². The zero-order valence-electron chi connectivity index (χ0n) is 16.1. The normalized spacial score (nSPS) is 10.3. The summed E-state index contributed by atoms with van der Waals surface area (Å²) in [4.78, 5) is 26.7. The highest BCUT2D eigenvalue weighted by Gasteiger charge is 2.15. The van der Waals surface area contributed by atoms with Gasteiger partial charge in [-0.2, -0.15) is 0 Å². The fraction of sp³-hybridized carbons (Fsp3) is 0.130. The summed E-state index contributed by atoms with van der Waals surface area (Å²) >= 11 is 3.40. The molecule has 5 nitrogen and oxygen atoms in total. The molecule has 0 spiro atoms. The molecule has 0 radical (unpaired) electrons. The van der Waals surface area contributed by atoms with E-state index in [-0.39, 0.29) is 18.4 Å². The van der Waals surface area contributed by atoms with Crippen molar-refractivity contribution in [1.82, 2.24) is 0 Å². The number of carbonyl (C=O) groups excluding carboxylic acids is 2. The summed E-state index contributed by atoms with van der Waals surface area (Å²) in [5.41, 5.74) is 2.93. The number of carbonyl (C=O) groups is 2. The molecule has 0 aliphatic carbocycles. The number of halogens is 1. The van der Waals surface area contributed by atoms with Crippen LogP contribution in [0, 0.1) is 0 Å². The Balaban J connectivity index is 1.59. The van der Waals surface area contributed by atoms with E-state index in [1.165, 1.54) is 0 Å². The van der Waals surface area contributed by atoms with Crippen LogP contribution in [0.2, 0.25) is 0 Å². The minimum absolute atomic E-state index is 0.0760. The van der Waals surface area contributed by atoms with E-state index in [0.29, 0.717) is 17.8 Å². The summed E-state index contributed by atoms with van der Waals surface area (Å²) in [6.07, 6.45) is 0. The number of anilines is 3. The lowest BCUT2D eigenvalue weighted by Crippen LogP contribution is -2.30. The first-order valence-corrected chi connectivity index (χ1v) is 10.1. The van der Waals surface area contributed by atoms with Crippen LogP contribution in [-0.4, -0.2) is 24.9 Å². The van der Waals surface area contributed by atoms with E-state index in [0.717, 1.165) is 15.8 Å². The number of hydrogen-bond donors (Lipinski definition) is 2. The maximum atomic E-state index is 12.8. The molecule has 0 aliphatic heterocycles. The molecule has 3 rings (SSSR count). The van der Waals surface area contributed by atoms with Crippen molar-refractivity contribution in [3.8, 4) is 0 Å². The van der Waals surface area contributed by atoms with E-state index in [1.807, 2.05) is 61.5 Å². The Labute approximate surface area is 178 Å². The number of benzene rings is 3. The highest BCUT2D eigenvalue weighted by Crippen LogP contribution is 2.18. The van der Waals surface area contributed by atoms with Gasteiger partial charge in [-0.1, -0.05) is 40.2 Å². The standard InChI is InChI=1S/C23H22BrN3O2/c1-2-27(21-9-4-3-5-10-21)23(29)17-11-13-19(14-12-17)26-22(28)16-25-20-8-6-7-18(24)15-20/h3-15,25H,2,16H2,1H3,(H,26,28). The Kier molecular flexibility index (Phi) is 7.03. The number of para-hydroxylation sites is 1. The molecule has 0 bridgehead atoms. The molecule has 0 aromatic heterocycles. The number of nitrogens with one attached hydrogen (secondary N) is 2. The summed E-state index contributed by atoms with van der Waals surface area (Å²) in [7, 11) is 0. The fourth-order valence-corrected chi connectivity index (χ4v) is 3.29. The van der Waals surface area contributed by atoms with Crippen LogP contribution in [0.1, 0.15) is 17.3 Å². The van der Waals surface area contributed by atoms with Crippen molar-refractivity contribution in [2.45, 2.75) is 6.92 Å². The second-order valence-electron chi connectivity index (χ2n) is 6.37. The Morgan fingerprint density at radius 3 is 2.28 bits per heavy atom. The number of nitrogens with zero attached hydrogens (tertiary/aromatic N) is 1. The summed E-state index contributed by atoms with van der Waals surface area (Å²) < 4.78 is 0.944. The van der Waals surface area contributed by atoms with Gasteiger partial charge in [0, 0.05) is 33.6 Å². The molecule has 2 N–H and O–H groups in total. The van der Waals surface area contributed by atoms with Gasteiger partial charge in [0.25, 0.3) is 5.91 Å². The molecule has 3 aromatic rings. The minimum atomic E-state index is -0.163. The molecule has 29 heavy (non-hydrogen) atoms. The molecule has 0 fully saturated rings. The van der Waals surface area contributed by atoms with Crippen LogP contribution in [0.5, 0.6) is 0 Å². The van der Waals surface area contributed by atoms with Crippen molar-refractivity contribution in [3.05, 3.63) is 88.9 Å². The lowest BCUT2D eigenvalue weighted by molar-refractivity contribution is -0.114. The highest BCUT2D eigenvalue weighted by atomic mass is 79.9. The van der Waals surface area contributed by atoms with Crippen LogP contribution in [0.4, 0.5) is 17.1 Å². The Bertz CT molecular complexity index is 975. The average Bonchev–Trinajstić information content (AvgIpc) is 2.74. The van der Waals surface area contributed by atoms with Gasteiger partial charge in [0.05, 0.1) is 6.54 Å². The van der Waals surface area contributed by atoms with Crippen molar-refractivity contribution in [3.63, 3.8) is 0 Å². The quantitative estimate of drug-likeness (QED) is 0.520. The summed E-state index contributed by atoms with van der Waals surface area (Å²) in [5.74, 6) is -0.239. The smallest absolute Gasteiger partial charge is 0.258 e. The van der Waals surface area contributed by atoms with Crippen molar-refractivity contribution in [2.24, 2.45) is 0 Å². The van der Waals surface area contributed by atoms with E-state index in [2.05, 4.69) is 26.6 Å². The SMILES string of the molecule is CCN(C(=O)c1ccc(NC(=O)CNc2cccc(Br)c2)cc1)c1ccccc1. The molecule has 0 aliphatic rings. The van der Waals surface area contributed by atoms with Crippen molar-refractivity contribution >= 4 is 44.8 Å². The van der Waals surface area contributed by atoms with E-state index < -0.39 is 0 Å². The van der Waals surface area contributed by atoms with Crippen molar-refractivity contribution < 1.29 is 9.59 Å². The minimum Gasteiger partial charge on any atom is -0.376 e. The first kappa shape index (κ1) is 20.6.